The zero-order valence-electron chi connectivity index (χ0n) is 15.1. The highest BCUT2D eigenvalue weighted by molar-refractivity contribution is 6.21. The standard InChI is InChI=1S/C20H18N2O7/c21-19(28)8-1-2-10(23)14-9(8)4-6-3-7-5-11(24)15(20(22)29)18(27)13(7)16(25)12(6)17(14)26/h1-2,6-7,13,23,26-27H,3-5H2,(H2,21,28)(H2,22,29). The van der Waals surface area contributed by atoms with Crippen LogP contribution in [0.25, 0.3) is 5.76 Å². The number of hydrogen-bond acceptors (Lipinski definition) is 7. The zero-order chi connectivity index (χ0) is 21.2. The van der Waals surface area contributed by atoms with Gasteiger partial charge in [0.1, 0.15) is 22.8 Å². The molecule has 3 unspecified atom stereocenters. The molecule has 0 saturated heterocycles. The molecule has 0 heterocycles. The lowest BCUT2D eigenvalue weighted by Gasteiger charge is -2.41. The Morgan fingerprint density at radius 1 is 1.00 bits per heavy atom. The van der Waals surface area contributed by atoms with Gasteiger partial charge in [0.25, 0.3) is 5.91 Å². The second-order valence-corrected chi connectivity index (χ2v) is 7.60. The van der Waals surface area contributed by atoms with Crippen molar-refractivity contribution in [3.63, 3.8) is 0 Å². The van der Waals surface area contributed by atoms with Gasteiger partial charge in [0.2, 0.25) is 5.91 Å². The molecule has 29 heavy (non-hydrogen) atoms. The smallest absolute Gasteiger partial charge is 0.255 e. The zero-order valence-corrected chi connectivity index (χ0v) is 15.1. The van der Waals surface area contributed by atoms with Crippen LogP contribution in [0.5, 0.6) is 5.75 Å². The van der Waals surface area contributed by atoms with Crippen molar-refractivity contribution in [2.45, 2.75) is 19.3 Å². The fraction of sp³-hybridized carbons (Fsp3) is 0.300. The molecule has 0 aliphatic heterocycles. The minimum absolute atomic E-state index is 0.0135. The lowest BCUT2D eigenvalue weighted by molar-refractivity contribution is -0.127. The largest absolute Gasteiger partial charge is 0.511 e. The Morgan fingerprint density at radius 3 is 2.31 bits per heavy atom. The Balaban J connectivity index is 1.90. The summed E-state index contributed by atoms with van der Waals surface area (Å²) in [5, 5.41) is 31.5. The Labute approximate surface area is 164 Å². The van der Waals surface area contributed by atoms with Gasteiger partial charge in [-0.2, -0.15) is 0 Å². The van der Waals surface area contributed by atoms with E-state index >= 15 is 0 Å². The Kier molecular flexibility index (Phi) is 4.00. The summed E-state index contributed by atoms with van der Waals surface area (Å²) in [5.41, 5.74) is 10.4. The quantitative estimate of drug-likeness (QED) is 0.447. The van der Waals surface area contributed by atoms with E-state index < -0.39 is 58.2 Å². The molecule has 2 amide bonds. The first-order chi connectivity index (χ1) is 13.6. The van der Waals surface area contributed by atoms with Crippen LogP contribution in [0.15, 0.2) is 29.0 Å². The van der Waals surface area contributed by atoms with Gasteiger partial charge in [-0.25, -0.2) is 0 Å². The van der Waals surface area contributed by atoms with Gasteiger partial charge in [0.15, 0.2) is 11.6 Å². The predicted molar refractivity (Wildman–Crippen MR) is 98.4 cm³/mol. The summed E-state index contributed by atoms with van der Waals surface area (Å²) >= 11 is 0. The molecule has 1 saturated carbocycles. The molecular weight excluding hydrogens is 380 g/mol. The van der Waals surface area contributed by atoms with Crippen LogP contribution < -0.4 is 11.5 Å². The average Bonchev–Trinajstić information content (AvgIpc) is 2.60. The van der Waals surface area contributed by atoms with Crippen LogP contribution >= 0.6 is 0 Å². The number of amides is 2. The highest BCUT2D eigenvalue weighted by Gasteiger charge is 2.51. The molecule has 7 N–H and O–H groups in total. The Bertz CT molecular complexity index is 1080. The van der Waals surface area contributed by atoms with E-state index in [4.69, 9.17) is 11.5 Å². The van der Waals surface area contributed by atoms with Crippen molar-refractivity contribution in [2.24, 2.45) is 29.2 Å². The molecule has 3 aliphatic carbocycles. The lowest BCUT2D eigenvalue weighted by atomic mass is 9.61. The number of Topliss-reactive ketones (excluding diaryl/α,β-unsaturated/α-hetero) is 2. The van der Waals surface area contributed by atoms with E-state index in [1.807, 2.05) is 0 Å². The summed E-state index contributed by atoms with van der Waals surface area (Å²) in [6.07, 6.45) is 0.265. The van der Waals surface area contributed by atoms with Crippen molar-refractivity contribution >= 4 is 29.1 Å². The van der Waals surface area contributed by atoms with Crippen molar-refractivity contribution in [1.82, 2.24) is 0 Å². The van der Waals surface area contributed by atoms with E-state index in [0.717, 1.165) is 0 Å². The van der Waals surface area contributed by atoms with Crippen LogP contribution in [0.4, 0.5) is 0 Å². The molecule has 9 nitrogen and oxygen atoms in total. The average molecular weight is 398 g/mol. The number of hydrogen-bond donors (Lipinski definition) is 5. The molecule has 0 bridgehead atoms. The van der Waals surface area contributed by atoms with E-state index in [9.17, 15) is 34.5 Å². The molecule has 9 heteroatoms. The summed E-state index contributed by atoms with van der Waals surface area (Å²) in [7, 11) is 0. The number of nitrogens with two attached hydrogens (primary N) is 2. The van der Waals surface area contributed by atoms with E-state index in [0.29, 0.717) is 5.56 Å². The van der Waals surface area contributed by atoms with Gasteiger partial charge in [0, 0.05) is 17.6 Å². The summed E-state index contributed by atoms with van der Waals surface area (Å²) in [5.74, 6) is -6.90. The van der Waals surface area contributed by atoms with Gasteiger partial charge < -0.3 is 26.8 Å². The highest BCUT2D eigenvalue weighted by Crippen LogP contribution is 2.50. The Morgan fingerprint density at radius 2 is 1.69 bits per heavy atom. The van der Waals surface area contributed by atoms with E-state index in [2.05, 4.69) is 0 Å². The summed E-state index contributed by atoms with van der Waals surface area (Å²) in [4.78, 5) is 48.7. The normalized spacial score (nSPS) is 26.0. The van der Waals surface area contributed by atoms with Crippen LogP contribution in [0.1, 0.15) is 34.3 Å². The van der Waals surface area contributed by atoms with Crippen LogP contribution in [0, 0.1) is 17.8 Å². The van der Waals surface area contributed by atoms with Crippen LogP contribution in [-0.2, 0) is 20.8 Å². The number of phenols is 1. The third-order valence-corrected chi connectivity index (χ3v) is 6.04. The number of benzene rings is 1. The fourth-order valence-corrected chi connectivity index (χ4v) is 4.87. The number of ketones is 2. The predicted octanol–water partition coefficient (Wildman–Crippen LogP) is 0.408. The minimum Gasteiger partial charge on any atom is -0.511 e. The van der Waals surface area contributed by atoms with Crippen LogP contribution in [0.3, 0.4) is 0 Å². The maximum absolute atomic E-state index is 13.2. The molecule has 4 rings (SSSR count). The van der Waals surface area contributed by atoms with Crippen molar-refractivity contribution in [3.05, 3.63) is 45.7 Å². The molecule has 3 atom stereocenters. The molecule has 1 aromatic rings. The Hall–Kier alpha value is -3.62. The van der Waals surface area contributed by atoms with E-state index in [1.54, 1.807) is 0 Å². The monoisotopic (exact) mass is 398 g/mol. The number of carbonyl (C=O) groups excluding carboxylic acids is 4. The fourth-order valence-electron chi connectivity index (χ4n) is 4.87. The first-order valence-electron chi connectivity index (χ1n) is 9.01. The van der Waals surface area contributed by atoms with Crippen LogP contribution in [-0.4, -0.2) is 38.7 Å². The van der Waals surface area contributed by atoms with Gasteiger partial charge in [-0.3, -0.25) is 19.2 Å². The number of aliphatic hydroxyl groups is 2. The molecular formula is C20H18N2O7. The number of phenolic OH excluding ortho intramolecular Hbond substituents is 1. The summed E-state index contributed by atoms with van der Waals surface area (Å²) in [6.45, 7) is 0. The number of aliphatic hydroxyl groups excluding tert-OH is 2. The van der Waals surface area contributed by atoms with Crippen molar-refractivity contribution in [2.75, 3.05) is 0 Å². The highest BCUT2D eigenvalue weighted by atomic mass is 16.3. The summed E-state index contributed by atoms with van der Waals surface area (Å²) in [6, 6.07) is 2.55. The number of carbonyl (C=O) groups is 4. The van der Waals surface area contributed by atoms with Crippen LogP contribution in [0.2, 0.25) is 0 Å². The third kappa shape index (κ3) is 2.54. The molecule has 0 radical (unpaired) electrons. The van der Waals surface area contributed by atoms with Gasteiger partial charge in [-0.15, -0.1) is 0 Å². The molecule has 3 aliphatic rings. The second kappa shape index (κ2) is 6.20. The van der Waals surface area contributed by atoms with Crippen molar-refractivity contribution < 1.29 is 34.5 Å². The van der Waals surface area contributed by atoms with E-state index in [1.165, 1.54) is 12.1 Å². The molecule has 1 fully saturated rings. The lowest BCUT2D eigenvalue weighted by Crippen LogP contribution is -2.44. The molecule has 0 spiro atoms. The second-order valence-electron chi connectivity index (χ2n) is 7.60. The topological polar surface area (TPSA) is 181 Å². The van der Waals surface area contributed by atoms with Crippen molar-refractivity contribution in [3.8, 4) is 5.75 Å². The SMILES string of the molecule is NC(=O)C1=C(O)C2C(=O)C3=C(O)c4c(O)ccc(C(N)=O)c4CC3CC2CC1=O. The number of aromatic hydroxyl groups is 1. The first kappa shape index (κ1) is 18.7. The molecule has 1 aromatic carbocycles. The number of allylic oxidation sites excluding steroid dienone is 2. The van der Waals surface area contributed by atoms with Gasteiger partial charge >= 0.3 is 0 Å². The first-order valence-corrected chi connectivity index (χ1v) is 9.01. The number of primary amides is 2. The number of rotatable bonds is 2. The third-order valence-electron chi connectivity index (χ3n) is 6.04. The van der Waals surface area contributed by atoms with E-state index in [-0.39, 0.29) is 41.7 Å². The molecule has 0 aromatic heterocycles. The van der Waals surface area contributed by atoms with Gasteiger partial charge in [-0.1, -0.05) is 0 Å². The number of fused-ring (bicyclic) bond motifs is 3. The van der Waals surface area contributed by atoms with Gasteiger partial charge in [-0.05, 0) is 42.4 Å². The maximum atomic E-state index is 13.2. The minimum atomic E-state index is -1.17. The summed E-state index contributed by atoms with van der Waals surface area (Å²) < 4.78 is 0. The van der Waals surface area contributed by atoms with Crippen molar-refractivity contribution in [1.29, 1.82) is 0 Å². The molecule has 150 valence electrons. The van der Waals surface area contributed by atoms with Gasteiger partial charge in [0.05, 0.1) is 11.5 Å². The maximum Gasteiger partial charge on any atom is 0.255 e.